The molecular weight excluding hydrogens is 504 g/mol. The zero-order valence-electron chi connectivity index (χ0n) is 21.5. The number of para-hydroxylation sites is 2. The Bertz CT molecular complexity index is 2260. The second-order valence-corrected chi connectivity index (χ2v) is 11.2. The summed E-state index contributed by atoms with van der Waals surface area (Å²) in [6, 6.07) is 49.7. The lowest BCUT2D eigenvalue weighted by Crippen LogP contribution is -1.92. The van der Waals surface area contributed by atoms with Gasteiger partial charge in [0.25, 0.3) is 0 Å². The molecule has 0 fully saturated rings. The minimum absolute atomic E-state index is 0.680. The van der Waals surface area contributed by atoms with E-state index in [0.29, 0.717) is 5.56 Å². The number of hydrogen-bond acceptors (Lipinski definition) is 2. The molecule has 2 nitrogen and oxygen atoms in total. The van der Waals surface area contributed by atoms with Crippen LogP contribution in [0.1, 0.15) is 5.56 Å². The largest absolute Gasteiger partial charge is 0.309 e. The van der Waals surface area contributed by atoms with E-state index < -0.39 is 0 Å². The summed E-state index contributed by atoms with van der Waals surface area (Å²) in [5, 5.41) is 14.2. The van der Waals surface area contributed by atoms with Gasteiger partial charge in [-0.1, -0.05) is 66.7 Å². The molecule has 6 aromatic carbocycles. The van der Waals surface area contributed by atoms with Crippen molar-refractivity contribution in [3.63, 3.8) is 0 Å². The third kappa shape index (κ3) is 3.55. The van der Waals surface area contributed by atoms with Gasteiger partial charge in [0.2, 0.25) is 0 Å². The first-order chi connectivity index (χ1) is 19.8. The van der Waals surface area contributed by atoms with Gasteiger partial charge in [-0.3, -0.25) is 0 Å². The van der Waals surface area contributed by atoms with Crippen LogP contribution in [0.4, 0.5) is 0 Å². The minimum Gasteiger partial charge on any atom is -0.309 e. The van der Waals surface area contributed by atoms with Crippen molar-refractivity contribution in [2.75, 3.05) is 0 Å². The molecule has 0 N–H and O–H groups in total. The van der Waals surface area contributed by atoms with Crippen molar-refractivity contribution in [2.24, 2.45) is 0 Å². The minimum atomic E-state index is 0.680. The van der Waals surface area contributed by atoms with Crippen LogP contribution in [0.25, 0.3) is 69.9 Å². The van der Waals surface area contributed by atoms with E-state index >= 15 is 0 Å². The Morgan fingerprint density at radius 1 is 0.475 bits per heavy atom. The number of nitriles is 1. The standard InChI is InChI=1S/C37H22N2S/c38-23-24-10-12-25(13-11-24)26-15-18-36-32(21-26)33-22-28(16-19-37(33)40-36)27-14-17-35-31(20-27)30-8-4-5-9-34(30)39(35)29-6-2-1-3-7-29/h1-22H. The van der Waals surface area contributed by atoms with Crippen molar-refractivity contribution in [1.29, 1.82) is 5.26 Å². The van der Waals surface area contributed by atoms with Crippen LogP contribution in [0.5, 0.6) is 0 Å². The fraction of sp³-hybridized carbons (Fsp3) is 0. The van der Waals surface area contributed by atoms with E-state index in [1.165, 1.54) is 58.8 Å². The molecule has 0 saturated heterocycles. The highest BCUT2D eigenvalue weighted by molar-refractivity contribution is 7.25. The average molecular weight is 527 g/mol. The Hall–Kier alpha value is -5.17. The Kier molecular flexibility index (Phi) is 5.10. The van der Waals surface area contributed by atoms with Gasteiger partial charge < -0.3 is 4.57 Å². The van der Waals surface area contributed by atoms with Gasteiger partial charge in [0.05, 0.1) is 22.7 Å². The fourth-order valence-corrected chi connectivity index (χ4v) is 6.95. The SMILES string of the molecule is N#Cc1ccc(-c2ccc3sc4ccc(-c5ccc6c(c5)c5ccccc5n6-c5ccccc5)cc4c3c2)cc1. The number of thiophene rings is 1. The Morgan fingerprint density at radius 2 is 1.02 bits per heavy atom. The predicted octanol–water partition coefficient (Wildman–Crippen LogP) is 10.4. The molecule has 2 aromatic heterocycles. The number of rotatable bonds is 3. The van der Waals surface area contributed by atoms with Gasteiger partial charge in [-0.05, 0) is 89.0 Å². The summed E-state index contributed by atoms with van der Waals surface area (Å²) in [5.74, 6) is 0. The quantitative estimate of drug-likeness (QED) is 0.225. The highest BCUT2D eigenvalue weighted by Gasteiger charge is 2.14. The third-order valence-corrected chi connectivity index (χ3v) is 8.99. The van der Waals surface area contributed by atoms with Gasteiger partial charge >= 0.3 is 0 Å². The van der Waals surface area contributed by atoms with Gasteiger partial charge in [0.1, 0.15) is 0 Å². The molecule has 0 aliphatic heterocycles. The second kappa shape index (κ2) is 8.95. The maximum atomic E-state index is 9.17. The Labute approximate surface area is 235 Å². The first-order valence-electron chi connectivity index (χ1n) is 13.3. The van der Waals surface area contributed by atoms with Crippen LogP contribution >= 0.6 is 11.3 Å². The highest BCUT2D eigenvalue weighted by Crippen LogP contribution is 2.40. The zero-order chi connectivity index (χ0) is 26.6. The maximum Gasteiger partial charge on any atom is 0.0991 e. The second-order valence-electron chi connectivity index (χ2n) is 10.1. The molecule has 0 bridgehead atoms. The normalized spacial score (nSPS) is 11.5. The molecule has 8 rings (SSSR count). The molecule has 3 heteroatoms. The molecule has 40 heavy (non-hydrogen) atoms. The summed E-state index contributed by atoms with van der Waals surface area (Å²) >= 11 is 1.83. The number of nitrogens with zero attached hydrogens (tertiary/aromatic N) is 2. The first kappa shape index (κ1) is 22.8. The van der Waals surface area contributed by atoms with Crippen LogP contribution in [0.3, 0.4) is 0 Å². The predicted molar refractivity (Wildman–Crippen MR) is 169 cm³/mol. The molecule has 8 aromatic rings. The highest BCUT2D eigenvalue weighted by atomic mass is 32.1. The van der Waals surface area contributed by atoms with Gasteiger partial charge in [-0.15, -0.1) is 11.3 Å². The van der Waals surface area contributed by atoms with E-state index in [-0.39, 0.29) is 0 Å². The first-order valence-corrected chi connectivity index (χ1v) is 14.1. The lowest BCUT2D eigenvalue weighted by atomic mass is 9.99. The molecule has 0 unspecified atom stereocenters. The molecule has 186 valence electrons. The van der Waals surface area contributed by atoms with E-state index in [4.69, 9.17) is 5.26 Å². The van der Waals surface area contributed by atoms with Crippen molar-refractivity contribution < 1.29 is 0 Å². The van der Waals surface area contributed by atoms with Crippen molar-refractivity contribution in [3.05, 3.63) is 139 Å². The fourth-order valence-electron chi connectivity index (χ4n) is 5.88. The molecule has 0 atom stereocenters. The van der Waals surface area contributed by atoms with Crippen LogP contribution < -0.4 is 0 Å². The van der Waals surface area contributed by atoms with E-state index in [9.17, 15) is 0 Å². The van der Waals surface area contributed by atoms with Gasteiger partial charge in [-0.2, -0.15) is 5.26 Å². The molecule has 0 spiro atoms. The number of fused-ring (bicyclic) bond motifs is 6. The number of hydrogen-bond donors (Lipinski definition) is 0. The monoisotopic (exact) mass is 526 g/mol. The summed E-state index contributed by atoms with van der Waals surface area (Å²) < 4.78 is 4.93. The Balaban J connectivity index is 1.29. The summed E-state index contributed by atoms with van der Waals surface area (Å²) in [5.41, 5.74) is 9.00. The van der Waals surface area contributed by atoms with Gasteiger partial charge in [0.15, 0.2) is 0 Å². The van der Waals surface area contributed by atoms with Crippen LogP contribution in [-0.4, -0.2) is 4.57 Å². The molecule has 0 radical (unpaired) electrons. The van der Waals surface area contributed by atoms with Crippen molar-refractivity contribution >= 4 is 53.3 Å². The smallest absolute Gasteiger partial charge is 0.0991 e. The van der Waals surface area contributed by atoms with Gasteiger partial charge in [0, 0.05) is 36.6 Å². The number of aromatic nitrogens is 1. The molecule has 0 saturated carbocycles. The molecule has 0 aliphatic carbocycles. The average Bonchev–Trinajstić information content (AvgIpc) is 3.56. The van der Waals surface area contributed by atoms with Crippen LogP contribution in [-0.2, 0) is 0 Å². The summed E-state index contributed by atoms with van der Waals surface area (Å²) in [6.45, 7) is 0. The Morgan fingerprint density at radius 3 is 1.73 bits per heavy atom. The van der Waals surface area contributed by atoms with Crippen molar-refractivity contribution in [1.82, 2.24) is 4.57 Å². The lowest BCUT2D eigenvalue weighted by Gasteiger charge is -2.08. The molecule has 2 heterocycles. The zero-order valence-corrected chi connectivity index (χ0v) is 22.3. The third-order valence-electron chi connectivity index (χ3n) is 7.84. The van der Waals surface area contributed by atoms with Crippen molar-refractivity contribution in [3.8, 4) is 34.0 Å². The number of benzene rings is 6. The van der Waals surface area contributed by atoms with Crippen molar-refractivity contribution in [2.45, 2.75) is 0 Å². The van der Waals surface area contributed by atoms with E-state index in [1.807, 2.05) is 35.6 Å². The van der Waals surface area contributed by atoms with Crippen LogP contribution in [0, 0.1) is 11.3 Å². The topological polar surface area (TPSA) is 28.7 Å². The van der Waals surface area contributed by atoms with Crippen LogP contribution in [0.2, 0.25) is 0 Å². The van der Waals surface area contributed by atoms with E-state index in [1.54, 1.807) is 0 Å². The van der Waals surface area contributed by atoms with E-state index in [2.05, 4.69) is 120 Å². The van der Waals surface area contributed by atoms with E-state index in [0.717, 1.165) is 11.1 Å². The van der Waals surface area contributed by atoms with Crippen LogP contribution in [0.15, 0.2) is 133 Å². The molecule has 0 aliphatic rings. The van der Waals surface area contributed by atoms with Gasteiger partial charge in [-0.25, -0.2) is 0 Å². The summed E-state index contributed by atoms with van der Waals surface area (Å²) in [4.78, 5) is 0. The molecule has 0 amide bonds. The molecular formula is C37H22N2S. The summed E-state index contributed by atoms with van der Waals surface area (Å²) in [7, 11) is 0. The lowest BCUT2D eigenvalue weighted by molar-refractivity contribution is 1.18. The summed E-state index contributed by atoms with van der Waals surface area (Å²) in [6.07, 6.45) is 0. The maximum absolute atomic E-state index is 9.17.